The summed E-state index contributed by atoms with van der Waals surface area (Å²) < 4.78 is 0. The zero-order valence-electron chi connectivity index (χ0n) is 16.5. The number of hydrogen-bond donors (Lipinski definition) is 5. The highest BCUT2D eigenvalue weighted by atomic mass is 32.2. The molecule has 29 heavy (non-hydrogen) atoms. The summed E-state index contributed by atoms with van der Waals surface area (Å²) in [4.78, 5) is 30.8. The molecule has 2 fully saturated rings. The van der Waals surface area contributed by atoms with Crippen LogP contribution < -0.4 is 10.6 Å². The van der Waals surface area contributed by atoms with E-state index < -0.39 is 24.1 Å². The smallest absolute Gasteiger partial charge is 0.353 e. The van der Waals surface area contributed by atoms with E-state index in [1.165, 1.54) is 4.90 Å². The number of thioether (sulfide) groups is 1. The topological polar surface area (TPSA) is 134 Å². The Balaban J connectivity index is 1.42. The summed E-state index contributed by atoms with van der Waals surface area (Å²) in [5.41, 5.74) is 0.0881. The number of β-amino-alcohol motifs (C(OH)–C–C–N with tert-alkyl or cyclic N) is 1. The molecule has 1 unspecified atom stereocenters. The largest absolute Gasteiger partial charge is 0.477 e. The maximum absolute atomic E-state index is 12.4. The van der Waals surface area contributed by atoms with E-state index in [2.05, 4.69) is 15.6 Å². The molecular weight excluding hydrogens is 396 g/mol. The van der Waals surface area contributed by atoms with Gasteiger partial charge in [-0.1, -0.05) is 6.92 Å². The maximum Gasteiger partial charge on any atom is 0.353 e. The average molecular weight is 425 g/mol. The minimum Gasteiger partial charge on any atom is -0.477 e. The Morgan fingerprint density at radius 1 is 1.41 bits per heavy atom. The van der Waals surface area contributed by atoms with Crippen molar-refractivity contribution in [2.45, 2.75) is 56.2 Å². The molecule has 0 aromatic carbocycles. The molecule has 4 aliphatic heterocycles. The van der Waals surface area contributed by atoms with Crippen LogP contribution in [0.2, 0.25) is 0 Å². The highest BCUT2D eigenvalue weighted by molar-refractivity contribution is 8.03. The molecule has 9 nitrogen and oxygen atoms in total. The zero-order valence-corrected chi connectivity index (χ0v) is 17.4. The van der Waals surface area contributed by atoms with Crippen molar-refractivity contribution in [2.75, 3.05) is 19.6 Å². The molecule has 4 rings (SSSR count). The zero-order chi connectivity index (χ0) is 20.9. The Morgan fingerprint density at radius 3 is 2.79 bits per heavy atom. The predicted octanol–water partition coefficient (Wildman–Crippen LogP) is -0.643. The fraction of sp³-hybridized carbons (Fsp3) is 0.737. The Hall–Kier alpha value is -1.62. The van der Waals surface area contributed by atoms with Crippen LogP contribution in [0.15, 0.2) is 15.6 Å². The third kappa shape index (κ3) is 3.67. The van der Waals surface area contributed by atoms with Gasteiger partial charge in [0.05, 0.1) is 36.5 Å². The molecule has 10 heteroatoms. The Bertz CT molecular complexity index is 770. The number of aliphatic carboxylic acids is 1. The Kier molecular flexibility index (Phi) is 5.62. The highest BCUT2D eigenvalue weighted by Crippen LogP contribution is 2.51. The van der Waals surface area contributed by atoms with Gasteiger partial charge in [-0.25, -0.2) is 4.79 Å². The van der Waals surface area contributed by atoms with Crippen LogP contribution in [0, 0.1) is 11.8 Å². The summed E-state index contributed by atoms with van der Waals surface area (Å²) in [6.07, 6.45) is 0.407. The summed E-state index contributed by atoms with van der Waals surface area (Å²) in [7, 11) is 0. The van der Waals surface area contributed by atoms with Gasteiger partial charge in [0.25, 0.3) is 0 Å². The summed E-state index contributed by atoms with van der Waals surface area (Å²) in [5, 5.41) is 36.0. The summed E-state index contributed by atoms with van der Waals surface area (Å²) in [5.74, 6) is -1.12. The van der Waals surface area contributed by atoms with Gasteiger partial charge in [0, 0.05) is 41.6 Å². The number of β-lactam (4-membered cyclic amide) rings is 1. The van der Waals surface area contributed by atoms with Gasteiger partial charge < -0.3 is 30.9 Å². The lowest BCUT2D eigenvalue weighted by Gasteiger charge is -2.46. The standard InChI is InChI=1S/C19H28N4O5S/c1-8-15-14(9(2)24)18(26)23(15)16(19(27)28)17(8)29-12-3-10(20-7-12)4-13-21-5-11(25)6-22-13/h8-12,14-15,20,24-25H,3-7H2,1-2H3,(H,21,22)(H,27,28)/t8-,9-,10+,12+,14-,15-/m1/s1. The molecule has 0 aliphatic carbocycles. The Labute approximate surface area is 173 Å². The molecule has 160 valence electrons. The first-order valence-corrected chi connectivity index (χ1v) is 11.0. The van der Waals surface area contributed by atoms with Crippen molar-refractivity contribution in [3.05, 3.63) is 10.6 Å². The number of aliphatic imine (C=N–C) groups is 1. The van der Waals surface area contributed by atoms with Crippen LogP contribution in [0.25, 0.3) is 0 Å². The quantitative estimate of drug-likeness (QED) is 0.355. The number of carbonyl (C=O) groups is 2. The fourth-order valence-corrected chi connectivity index (χ4v) is 6.35. The monoisotopic (exact) mass is 424 g/mol. The van der Waals surface area contributed by atoms with Crippen molar-refractivity contribution < 1.29 is 24.9 Å². The Morgan fingerprint density at radius 2 is 2.17 bits per heavy atom. The first-order chi connectivity index (χ1) is 13.8. The molecular formula is C19H28N4O5S. The third-order valence-electron chi connectivity index (χ3n) is 6.26. The number of carboxylic acid groups (broad SMARTS) is 1. The van der Waals surface area contributed by atoms with Gasteiger partial charge in [-0.05, 0) is 13.3 Å². The van der Waals surface area contributed by atoms with E-state index in [4.69, 9.17) is 0 Å². The molecule has 2 saturated heterocycles. The van der Waals surface area contributed by atoms with Crippen molar-refractivity contribution in [3.8, 4) is 0 Å². The van der Waals surface area contributed by atoms with E-state index in [9.17, 15) is 24.9 Å². The number of rotatable bonds is 6. The van der Waals surface area contributed by atoms with E-state index in [0.29, 0.717) is 13.1 Å². The van der Waals surface area contributed by atoms with Crippen LogP contribution >= 0.6 is 11.8 Å². The maximum atomic E-state index is 12.4. The molecule has 0 bridgehead atoms. The van der Waals surface area contributed by atoms with Crippen molar-refractivity contribution in [1.82, 2.24) is 15.5 Å². The number of aliphatic hydroxyl groups excluding tert-OH is 2. The molecule has 0 saturated carbocycles. The molecule has 5 N–H and O–H groups in total. The number of carbonyl (C=O) groups excluding carboxylic acids is 1. The van der Waals surface area contributed by atoms with Crippen LogP contribution in [-0.4, -0.2) is 87.1 Å². The van der Waals surface area contributed by atoms with Crippen LogP contribution in [0.4, 0.5) is 0 Å². The molecule has 0 spiro atoms. The predicted molar refractivity (Wildman–Crippen MR) is 108 cm³/mol. The van der Waals surface area contributed by atoms with Gasteiger partial charge in [-0.3, -0.25) is 9.79 Å². The fourth-order valence-electron chi connectivity index (χ4n) is 4.83. The van der Waals surface area contributed by atoms with Gasteiger partial charge in [0.15, 0.2) is 0 Å². The van der Waals surface area contributed by atoms with Crippen molar-refractivity contribution in [2.24, 2.45) is 16.8 Å². The number of carboxylic acids is 1. The minimum absolute atomic E-state index is 0.0881. The number of amidine groups is 1. The summed E-state index contributed by atoms with van der Waals surface area (Å²) >= 11 is 1.55. The van der Waals surface area contributed by atoms with Crippen molar-refractivity contribution >= 4 is 29.5 Å². The van der Waals surface area contributed by atoms with Crippen molar-refractivity contribution in [3.63, 3.8) is 0 Å². The lowest BCUT2D eigenvalue weighted by Crippen LogP contribution is -2.63. The van der Waals surface area contributed by atoms with Crippen LogP contribution in [0.3, 0.4) is 0 Å². The van der Waals surface area contributed by atoms with E-state index in [0.717, 1.165) is 30.1 Å². The third-order valence-corrected chi connectivity index (χ3v) is 7.77. The summed E-state index contributed by atoms with van der Waals surface area (Å²) in [6, 6.07) is -0.0306. The number of nitrogens with one attached hydrogen (secondary N) is 2. The van der Waals surface area contributed by atoms with Gasteiger partial charge >= 0.3 is 5.97 Å². The first kappa shape index (κ1) is 20.6. The molecule has 4 heterocycles. The van der Waals surface area contributed by atoms with Crippen LogP contribution in [-0.2, 0) is 9.59 Å². The van der Waals surface area contributed by atoms with Gasteiger partial charge in [0.1, 0.15) is 5.70 Å². The lowest BCUT2D eigenvalue weighted by molar-refractivity contribution is -0.163. The molecule has 4 aliphatic rings. The SMILES string of the molecule is C[C@@H](O)[C@H]1C(=O)N2C(C(=O)O)=C(S[C@@H]3CN[C@H](CC4=NCC(O)CN4)C3)[C@H](C)[C@H]12. The number of hydrogen-bond acceptors (Lipinski definition) is 8. The van der Waals surface area contributed by atoms with Crippen molar-refractivity contribution in [1.29, 1.82) is 0 Å². The highest BCUT2D eigenvalue weighted by Gasteiger charge is 2.60. The van der Waals surface area contributed by atoms with Crippen LogP contribution in [0.1, 0.15) is 26.7 Å². The van der Waals surface area contributed by atoms with E-state index in [1.54, 1.807) is 18.7 Å². The lowest BCUT2D eigenvalue weighted by atomic mass is 9.79. The minimum atomic E-state index is -1.08. The van der Waals surface area contributed by atoms with E-state index >= 15 is 0 Å². The van der Waals surface area contributed by atoms with E-state index in [1.807, 2.05) is 6.92 Å². The molecule has 1 amide bonds. The second-order valence-corrected chi connectivity index (χ2v) is 9.72. The molecule has 0 radical (unpaired) electrons. The molecule has 0 aromatic heterocycles. The number of fused-ring (bicyclic) bond motifs is 1. The number of amides is 1. The number of aliphatic hydroxyl groups is 2. The van der Waals surface area contributed by atoms with Gasteiger partial charge in [-0.15, -0.1) is 11.8 Å². The molecule has 7 atom stereocenters. The second-order valence-electron chi connectivity index (χ2n) is 8.38. The van der Waals surface area contributed by atoms with E-state index in [-0.39, 0.29) is 34.9 Å². The van der Waals surface area contributed by atoms with Crippen LogP contribution in [0.5, 0.6) is 0 Å². The van der Waals surface area contributed by atoms with Gasteiger partial charge in [-0.2, -0.15) is 0 Å². The first-order valence-electron chi connectivity index (χ1n) is 10.1. The van der Waals surface area contributed by atoms with Gasteiger partial charge in [0.2, 0.25) is 5.91 Å². The normalized spacial score (nSPS) is 37.7. The number of nitrogens with zero attached hydrogens (tertiary/aromatic N) is 2. The average Bonchev–Trinajstić information content (AvgIpc) is 3.18. The molecule has 0 aromatic rings. The second kappa shape index (κ2) is 7.90. The summed E-state index contributed by atoms with van der Waals surface area (Å²) in [6.45, 7) is 5.24.